The lowest BCUT2D eigenvalue weighted by atomic mass is 10.0. The number of aromatic nitrogens is 2. The molecule has 0 saturated heterocycles. The van der Waals surface area contributed by atoms with Crippen LogP contribution in [0.15, 0.2) is 12.4 Å². The van der Waals surface area contributed by atoms with E-state index in [9.17, 15) is 9.59 Å². The van der Waals surface area contributed by atoms with Crippen molar-refractivity contribution in [3.63, 3.8) is 0 Å². The summed E-state index contributed by atoms with van der Waals surface area (Å²) in [6.45, 7) is 3.59. The van der Waals surface area contributed by atoms with Crippen LogP contribution in [0.4, 0.5) is 0 Å². The molecule has 0 aromatic carbocycles. The maximum Gasteiger partial charge on any atom is 0.331 e. The molecule has 1 rings (SSSR count). The topological polar surface area (TPSA) is 110 Å². The molecule has 18 heavy (non-hydrogen) atoms. The number of hydrogen-bond donors (Lipinski definition) is 3. The number of amides is 1. The van der Waals surface area contributed by atoms with Crippen LogP contribution >= 0.6 is 0 Å². The van der Waals surface area contributed by atoms with E-state index in [1.807, 2.05) is 0 Å². The van der Waals surface area contributed by atoms with Gasteiger partial charge in [0.1, 0.15) is 0 Å². The predicted molar refractivity (Wildman–Crippen MR) is 64.5 cm³/mol. The van der Waals surface area contributed by atoms with E-state index in [1.165, 1.54) is 10.9 Å². The highest BCUT2D eigenvalue weighted by atomic mass is 16.4. The van der Waals surface area contributed by atoms with Crippen LogP contribution in [-0.4, -0.2) is 32.8 Å². The number of nitrogens with one attached hydrogen (secondary N) is 1. The molecule has 0 spiro atoms. The van der Waals surface area contributed by atoms with E-state index in [0.717, 1.165) is 0 Å². The fourth-order valence-corrected chi connectivity index (χ4v) is 1.42. The fraction of sp³-hybridized carbons (Fsp3) is 0.545. The van der Waals surface area contributed by atoms with Gasteiger partial charge in [-0.3, -0.25) is 9.48 Å². The van der Waals surface area contributed by atoms with Crippen molar-refractivity contribution in [1.29, 1.82) is 0 Å². The van der Waals surface area contributed by atoms with Gasteiger partial charge in [0.05, 0.1) is 12.2 Å². The van der Waals surface area contributed by atoms with Crippen molar-refractivity contribution >= 4 is 11.9 Å². The summed E-state index contributed by atoms with van der Waals surface area (Å²) in [4.78, 5) is 22.9. The molecule has 1 amide bonds. The monoisotopic (exact) mass is 254 g/mol. The molecule has 1 aromatic rings. The Morgan fingerprint density at radius 3 is 2.50 bits per heavy atom. The first kappa shape index (κ1) is 14.2. The Balaban J connectivity index is 2.82. The van der Waals surface area contributed by atoms with E-state index in [2.05, 4.69) is 10.4 Å². The van der Waals surface area contributed by atoms with Gasteiger partial charge in [0.2, 0.25) is 5.91 Å². The standard InChI is InChI=1S/C11H18N4O3/c1-6(2)8(12)10(16)14-9(11(17)18)7-4-13-15(3)5-7/h4-6,8-9H,12H2,1-3H3,(H,14,16)(H,17,18). The summed E-state index contributed by atoms with van der Waals surface area (Å²) in [7, 11) is 1.67. The Morgan fingerprint density at radius 2 is 2.11 bits per heavy atom. The molecule has 4 N–H and O–H groups in total. The van der Waals surface area contributed by atoms with Crippen LogP contribution in [0.2, 0.25) is 0 Å². The quantitative estimate of drug-likeness (QED) is 0.665. The Morgan fingerprint density at radius 1 is 1.50 bits per heavy atom. The van der Waals surface area contributed by atoms with Crippen molar-refractivity contribution in [3.05, 3.63) is 18.0 Å². The third-order valence-electron chi connectivity index (χ3n) is 2.61. The first-order valence-electron chi connectivity index (χ1n) is 5.60. The number of carboxylic acids is 1. The van der Waals surface area contributed by atoms with Gasteiger partial charge in [-0.25, -0.2) is 4.79 Å². The molecule has 7 heteroatoms. The third-order valence-corrected chi connectivity index (χ3v) is 2.61. The van der Waals surface area contributed by atoms with Crippen molar-refractivity contribution in [3.8, 4) is 0 Å². The zero-order valence-electron chi connectivity index (χ0n) is 10.6. The van der Waals surface area contributed by atoms with E-state index in [0.29, 0.717) is 5.56 Å². The van der Waals surface area contributed by atoms with Crippen molar-refractivity contribution in [2.45, 2.75) is 25.9 Å². The molecule has 100 valence electrons. The highest BCUT2D eigenvalue weighted by Gasteiger charge is 2.26. The summed E-state index contributed by atoms with van der Waals surface area (Å²) in [6, 6.07) is -1.86. The van der Waals surface area contributed by atoms with Crippen molar-refractivity contribution in [2.24, 2.45) is 18.7 Å². The molecule has 0 aliphatic heterocycles. The Kier molecular flexibility index (Phi) is 4.43. The molecule has 0 bridgehead atoms. The molecule has 0 saturated carbocycles. The Hall–Kier alpha value is -1.89. The minimum atomic E-state index is -1.15. The first-order valence-corrected chi connectivity index (χ1v) is 5.60. The molecule has 0 radical (unpaired) electrons. The van der Waals surface area contributed by atoms with Crippen LogP contribution in [0.25, 0.3) is 0 Å². The Labute approximate surface area is 105 Å². The number of carbonyl (C=O) groups excluding carboxylic acids is 1. The van der Waals surface area contributed by atoms with Gasteiger partial charge in [-0.1, -0.05) is 13.8 Å². The predicted octanol–water partition coefficient (Wildman–Crippen LogP) is -0.355. The van der Waals surface area contributed by atoms with E-state index < -0.39 is 24.0 Å². The highest BCUT2D eigenvalue weighted by molar-refractivity contribution is 5.87. The summed E-state index contributed by atoms with van der Waals surface area (Å²) in [6.07, 6.45) is 2.94. The number of nitrogens with two attached hydrogens (primary N) is 1. The SMILES string of the molecule is CC(C)C(N)C(=O)NC(C(=O)O)c1cnn(C)c1. The summed E-state index contributed by atoms with van der Waals surface area (Å²) in [5, 5.41) is 15.4. The van der Waals surface area contributed by atoms with Gasteiger partial charge in [-0.15, -0.1) is 0 Å². The van der Waals surface area contributed by atoms with Crippen LogP contribution in [0, 0.1) is 5.92 Å². The van der Waals surface area contributed by atoms with Crippen molar-refractivity contribution in [1.82, 2.24) is 15.1 Å². The summed E-state index contributed by atoms with van der Waals surface area (Å²) < 4.78 is 1.47. The number of aryl methyl sites for hydroxylation is 1. The van der Waals surface area contributed by atoms with Gasteiger partial charge in [-0.05, 0) is 5.92 Å². The van der Waals surface area contributed by atoms with Gasteiger partial charge in [-0.2, -0.15) is 5.10 Å². The maximum absolute atomic E-state index is 11.8. The molecule has 0 aliphatic carbocycles. The van der Waals surface area contributed by atoms with E-state index in [1.54, 1.807) is 27.1 Å². The molecule has 1 aromatic heterocycles. The number of carbonyl (C=O) groups is 2. The number of hydrogen-bond acceptors (Lipinski definition) is 4. The van der Waals surface area contributed by atoms with Crippen LogP contribution in [0.3, 0.4) is 0 Å². The minimum absolute atomic E-state index is 0.0617. The minimum Gasteiger partial charge on any atom is -0.479 e. The third kappa shape index (κ3) is 3.30. The lowest BCUT2D eigenvalue weighted by Gasteiger charge is -2.19. The number of rotatable bonds is 5. The fourth-order valence-electron chi connectivity index (χ4n) is 1.42. The maximum atomic E-state index is 11.8. The number of nitrogens with zero attached hydrogens (tertiary/aromatic N) is 2. The normalized spacial score (nSPS) is 14.3. The van der Waals surface area contributed by atoms with E-state index in [4.69, 9.17) is 10.8 Å². The van der Waals surface area contributed by atoms with Gasteiger partial charge in [0.15, 0.2) is 6.04 Å². The summed E-state index contributed by atoms with van der Waals surface area (Å²) >= 11 is 0. The average Bonchev–Trinajstić information content (AvgIpc) is 2.70. The van der Waals surface area contributed by atoms with Crippen molar-refractivity contribution < 1.29 is 14.7 Å². The summed E-state index contributed by atoms with van der Waals surface area (Å²) in [5.74, 6) is -1.69. The molecular weight excluding hydrogens is 236 g/mol. The van der Waals surface area contributed by atoms with Gasteiger partial charge < -0.3 is 16.2 Å². The smallest absolute Gasteiger partial charge is 0.331 e. The summed E-state index contributed by atoms with van der Waals surface area (Å²) in [5.41, 5.74) is 6.08. The van der Waals surface area contributed by atoms with E-state index >= 15 is 0 Å². The molecule has 0 fully saturated rings. The lowest BCUT2D eigenvalue weighted by molar-refractivity contribution is -0.142. The van der Waals surface area contributed by atoms with Crippen LogP contribution in [-0.2, 0) is 16.6 Å². The molecule has 2 unspecified atom stereocenters. The zero-order valence-corrected chi connectivity index (χ0v) is 10.6. The van der Waals surface area contributed by atoms with Gasteiger partial charge >= 0.3 is 5.97 Å². The first-order chi connectivity index (χ1) is 8.32. The molecule has 2 atom stereocenters. The average molecular weight is 254 g/mol. The zero-order chi connectivity index (χ0) is 13.9. The van der Waals surface area contributed by atoms with E-state index in [-0.39, 0.29) is 5.92 Å². The number of aliphatic carboxylic acids is 1. The highest BCUT2D eigenvalue weighted by Crippen LogP contribution is 2.12. The van der Waals surface area contributed by atoms with Crippen LogP contribution < -0.4 is 11.1 Å². The molecule has 0 aliphatic rings. The van der Waals surface area contributed by atoms with Gasteiger partial charge in [0.25, 0.3) is 0 Å². The lowest BCUT2D eigenvalue weighted by Crippen LogP contribution is -2.46. The second-order valence-electron chi connectivity index (χ2n) is 4.50. The largest absolute Gasteiger partial charge is 0.479 e. The van der Waals surface area contributed by atoms with Crippen LogP contribution in [0.1, 0.15) is 25.5 Å². The second kappa shape index (κ2) is 5.63. The van der Waals surface area contributed by atoms with Crippen LogP contribution in [0.5, 0.6) is 0 Å². The Bertz CT molecular complexity index is 441. The molecular formula is C11H18N4O3. The van der Waals surface area contributed by atoms with Gasteiger partial charge in [0, 0.05) is 18.8 Å². The molecule has 1 heterocycles. The number of carboxylic acid groups (broad SMARTS) is 1. The second-order valence-corrected chi connectivity index (χ2v) is 4.50. The molecule has 7 nitrogen and oxygen atoms in total. The van der Waals surface area contributed by atoms with Crippen molar-refractivity contribution in [2.75, 3.05) is 0 Å².